The molecule has 1 unspecified atom stereocenters. The number of carbonyl (C=O) groups excluding carboxylic acids is 2. The maximum Gasteiger partial charge on any atom is 0.242 e. The molecule has 0 saturated carbocycles. The van der Waals surface area contributed by atoms with Crippen LogP contribution in [0, 0.1) is 12.8 Å². The van der Waals surface area contributed by atoms with Gasteiger partial charge in [-0.05, 0) is 39.8 Å². The van der Waals surface area contributed by atoms with Gasteiger partial charge >= 0.3 is 0 Å². The van der Waals surface area contributed by atoms with Crippen molar-refractivity contribution in [1.82, 2.24) is 10.1 Å². The summed E-state index contributed by atoms with van der Waals surface area (Å²) in [4.78, 5) is 27.0. The van der Waals surface area contributed by atoms with Gasteiger partial charge in [0.2, 0.25) is 5.91 Å². The number of hydrogen-bond donors (Lipinski definition) is 1. The summed E-state index contributed by atoms with van der Waals surface area (Å²) < 4.78 is 4.96. The maximum atomic E-state index is 12.5. The molecular formula is C19H23N3O3. The van der Waals surface area contributed by atoms with E-state index in [-0.39, 0.29) is 23.7 Å². The van der Waals surface area contributed by atoms with Crippen molar-refractivity contribution in [2.75, 3.05) is 18.4 Å². The second-order valence-corrected chi connectivity index (χ2v) is 6.53. The number of Topliss-reactive ketones (excluding diaryl/α,β-unsaturated/α-hetero) is 1. The summed E-state index contributed by atoms with van der Waals surface area (Å²) in [6, 6.07) is 10.8. The molecule has 1 aromatic heterocycles. The highest BCUT2D eigenvalue weighted by atomic mass is 16.5. The molecule has 0 spiro atoms. The molecule has 0 radical (unpaired) electrons. The summed E-state index contributed by atoms with van der Waals surface area (Å²) in [6.07, 6.45) is 1.54. The van der Waals surface area contributed by atoms with Crippen LogP contribution in [0.4, 0.5) is 5.82 Å². The number of carbonyl (C=O) groups is 2. The highest BCUT2D eigenvalue weighted by Gasteiger charge is 2.30. The van der Waals surface area contributed by atoms with Crippen LogP contribution < -0.4 is 5.32 Å². The second-order valence-electron chi connectivity index (χ2n) is 6.53. The molecule has 2 heterocycles. The zero-order chi connectivity index (χ0) is 17.8. The lowest BCUT2D eigenvalue weighted by atomic mass is 9.88. The van der Waals surface area contributed by atoms with E-state index in [9.17, 15) is 9.59 Å². The van der Waals surface area contributed by atoms with E-state index in [4.69, 9.17) is 4.52 Å². The van der Waals surface area contributed by atoms with Gasteiger partial charge in [0.1, 0.15) is 5.76 Å². The van der Waals surface area contributed by atoms with Gasteiger partial charge in [-0.2, -0.15) is 0 Å². The van der Waals surface area contributed by atoms with Crippen molar-refractivity contribution in [3.05, 3.63) is 47.7 Å². The van der Waals surface area contributed by atoms with Crippen molar-refractivity contribution >= 4 is 17.5 Å². The standard InChI is InChI=1S/C19H23N3O3/c1-13-12-17(21-25-13)20-19(24)14(2)22-10-8-16(9-11-22)18(23)15-6-4-3-5-7-15/h3-7,12,14,16H,8-11H2,1-2H3,(H,20,21,24). The molecule has 1 amide bonds. The number of aromatic nitrogens is 1. The van der Waals surface area contributed by atoms with Crippen molar-refractivity contribution in [3.8, 4) is 0 Å². The predicted octanol–water partition coefficient (Wildman–Crippen LogP) is 2.90. The molecule has 132 valence electrons. The average Bonchev–Trinajstić information content (AvgIpc) is 3.06. The zero-order valence-electron chi connectivity index (χ0n) is 14.6. The molecule has 3 rings (SSSR count). The Morgan fingerprint density at radius 2 is 1.92 bits per heavy atom. The Kier molecular flexibility index (Phi) is 5.28. The van der Waals surface area contributed by atoms with Crippen molar-refractivity contribution < 1.29 is 14.1 Å². The highest BCUT2D eigenvalue weighted by molar-refractivity contribution is 5.98. The number of amides is 1. The van der Waals surface area contributed by atoms with Gasteiger partial charge in [-0.25, -0.2) is 0 Å². The van der Waals surface area contributed by atoms with E-state index in [1.165, 1.54) is 0 Å². The molecule has 6 nitrogen and oxygen atoms in total. The fourth-order valence-corrected chi connectivity index (χ4v) is 3.21. The van der Waals surface area contributed by atoms with Crippen LogP contribution in [-0.4, -0.2) is 40.9 Å². The number of aryl methyl sites for hydroxylation is 1. The summed E-state index contributed by atoms with van der Waals surface area (Å²) in [5, 5.41) is 6.55. The molecule has 0 aliphatic carbocycles. The first-order valence-electron chi connectivity index (χ1n) is 8.62. The molecule has 1 N–H and O–H groups in total. The van der Waals surface area contributed by atoms with Crippen molar-refractivity contribution in [2.45, 2.75) is 32.7 Å². The number of rotatable bonds is 5. The fourth-order valence-electron chi connectivity index (χ4n) is 3.21. The van der Waals surface area contributed by atoms with Crippen LogP contribution in [0.15, 0.2) is 40.9 Å². The molecule has 1 aliphatic heterocycles. The third-order valence-electron chi connectivity index (χ3n) is 4.77. The quantitative estimate of drug-likeness (QED) is 0.846. The maximum absolute atomic E-state index is 12.5. The minimum Gasteiger partial charge on any atom is -0.360 e. The third-order valence-corrected chi connectivity index (χ3v) is 4.77. The van der Waals surface area contributed by atoms with E-state index < -0.39 is 0 Å². The topological polar surface area (TPSA) is 75.4 Å². The Morgan fingerprint density at radius 3 is 2.52 bits per heavy atom. The van der Waals surface area contributed by atoms with Crippen molar-refractivity contribution in [2.24, 2.45) is 5.92 Å². The molecule has 1 saturated heterocycles. The van der Waals surface area contributed by atoms with Gasteiger partial charge in [-0.1, -0.05) is 35.5 Å². The Balaban J connectivity index is 1.53. The Hall–Kier alpha value is -2.47. The summed E-state index contributed by atoms with van der Waals surface area (Å²) in [5.74, 6) is 1.22. The molecule has 1 aromatic carbocycles. The molecule has 1 fully saturated rings. The normalized spacial score (nSPS) is 17.2. The van der Waals surface area contributed by atoms with Crippen LogP contribution in [0.2, 0.25) is 0 Å². The summed E-state index contributed by atoms with van der Waals surface area (Å²) >= 11 is 0. The highest BCUT2D eigenvalue weighted by Crippen LogP contribution is 2.23. The van der Waals surface area contributed by atoms with Crippen LogP contribution in [0.1, 0.15) is 35.9 Å². The average molecular weight is 341 g/mol. The molecular weight excluding hydrogens is 318 g/mol. The number of anilines is 1. The summed E-state index contributed by atoms with van der Waals surface area (Å²) in [7, 11) is 0. The van der Waals surface area contributed by atoms with Crippen molar-refractivity contribution in [3.63, 3.8) is 0 Å². The van der Waals surface area contributed by atoms with Crippen LogP contribution in [0.5, 0.6) is 0 Å². The fraction of sp³-hybridized carbons (Fsp3) is 0.421. The van der Waals surface area contributed by atoms with Gasteiger partial charge in [0.05, 0.1) is 6.04 Å². The van der Waals surface area contributed by atoms with E-state index >= 15 is 0 Å². The van der Waals surface area contributed by atoms with Crippen LogP contribution in [0.3, 0.4) is 0 Å². The van der Waals surface area contributed by atoms with E-state index in [2.05, 4.69) is 15.4 Å². The van der Waals surface area contributed by atoms with E-state index in [0.717, 1.165) is 31.5 Å². The van der Waals surface area contributed by atoms with Crippen LogP contribution >= 0.6 is 0 Å². The smallest absolute Gasteiger partial charge is 0.242 e. The Morgan fingerprint density at radius 1 is 1.24 bits per heavy atom. The SMILES string of the molecule is Cc1cc(NC(=O)C(C)N2CCC(C(=O)c3ccccc3)CC2)no1. The minimum atomic E-state index is -0.273. The lowest BCUT2D eigenvalue weighted by Gasteiger charge is -2.34. The van der Waals surface area contributed by atoms with Gasteiger partial charge < -0.3 is 9.84 Å². The molecule has 1 atom stereocenters. The van der Waals surface area contributed by atoms with Crippen LogP contribution in [-0.2, 0) is 4.79 Å². The number of nitrogens with one attached hydrogen (secondary N) is 1. The van der Waals surface area contributed by atoms with E-state index in [0.29, 0.717) is 11.6 Å². The lowest BCUT2D eigenvalue weighted by Crippen LogP contribution is -2.47. The largest absolute Gasteiger partial charge is 0.360 e. The van der Waals surface area contributed by atoms with Crippen LogP contribution in [0.25, 0.3) is 0 Å². The first kappa shape index (κ1) is 17.4. The van der Waals surface area contributed by atoms with E-state index in [1.54, 1.807) is 13.0 Å². The number of benzene rings is 1. The monoisotopic (exact) mass is 341 g/mol. The van der Waals surface area contributed by atoms with Gasteiger partial charge in [0.15, 0.2) is 11.6 Å². The second kappa shape index (κ2) is 7.61. The number of hydrogen-bond acceptors (Lipinski definition) is 5. The molecule has 1 aliphatic rings. The lowest BCUT2D eigenvalue weighted by molar-refractivity contribution is -0.121. The van der Waals surface area contributed by atoms with Gasteiger partial charge in [0, 0.05) is 17.5 Å². The minimum absolute atomic E-state index is 0.0344. The van der Waals surface area contributed by atoms with E-state index in [1.807, 2.05) is 37.3 Å². The summed E-state index contributed by atoms with van der Waals surface area (Å²) in [6.45, 7) is 5.12. The zero-order valence-corrected chi connectivity index (χ0v) is 14.6. The Labute approximate surface area is 147 Å². The van der Waals surface area contributed by atoms with Crippen molar-refractivity contribution in [1.29, 1.82) is 0 Å². The molecule has 2 aromatic rings. The first-order valence-corrected chi connectivity index (χ1v) is 8.62. The number of ketones is 1. The molecule has 6 heteroatoms. The van der Waals surface area contributed by atoms with Gasteiger partial charge in [-0.15, -0.1) is 0 Å². The number of likely N-dealkylation sites (tertiary alicyclic amines) is 1. The third kappa shape index (κ3) is 4.14. The predicted molar refractivity (Wildman–Crippen MR) is 94.4 cm³/mol. The number of nitrogens with zero attached hydrogens (tertiary/aromatic N) is 2. The molecule has 25 heavy (non-hydrogen) atoms. The van der Waals surface area contributed by atoms with Gasteiger partial charge in [-0.3, -0.25) is 14.5 Å². The summed E-state index contributed by atoms with van der Waals surface area (Å²) in [5.41, 5.74) is 0.771. The Bertz CT molecular complexity index is 733. The van der Waals surface area contributed by atoms with Gasteiger partial charge in [0.25, 0.3) is 0 Å². The number of piperidine rings is 1. The first-order chi connectivity index (χ1) is 12.0. The molecule has 0 bridgehead atoms.